The van der Waals surface area contributed by atoms with Crippen LogP contribution in [-0.2, 0) is 0 Å². The molecule has 0 fully saturated rings. The first-order chi connectivity index (χ1) is 10.4. The number of halogens is 2. The highest BCUT2D eigenvalue weighted by Gasteiger charge is 2.20. The summed E-state index contributed by atoms with van der Waals surface area (Å²) >= 11 is 11.9. The van der Waals surface area contributed by atoms with Crippen molar-refractivity contribution in [3.63, 3.8) is 0 Å². The lowest BCUT2D eigenvalue weighted by Crippen LogP contribution is -2.03. The van der Waals surface area contributed by atoms with Crippen LogP contribution in [0.2, 0.25) is 10.0 Å². The summed E-state index contributed by atoms with van der Waals surface area (Å²) in [5.41, 5.74) is -0.661. The zero-order valence-electron chi connectivity index (χ0n) is 10.8. The van der Waals surface area contributed by atoms with Crippen LogP contribution in [0.3, 0.4) is 0 Å². The monoisotopic (exact) mass is 338 g/mol. The molecule has 3 aromatic rings. The van der Waals surface area contributed by atoms with Crippen LogP contribution in [0.1, 0.15) is 0 Å². The normalized spacial score (nSPS) is 11.0. The first-order valence-corrected chi connectivity index (χ1v) is 6.81. The van der Waals surface area contributed by atoms with Crippen LogP contribution in [0.5, 0.6) is 17.2 Å². The van der Waals surface area contributed by atoms with E-state index in [1.54, 1.807) is 0 Å². The Morgan fingerprint density at radius 3 is 2.41 bits per heavy atom. The van der Waals surface area contributed by atoms with E-state index >= 15 is 0 Å². The van der Waals surface area contributed by atoms with Gasteiger partial charge in [-0.3, -0.25) is 4.79 Å². The first kappa shape index (κ1) is 14.6. The molecule has 0 radical (unpaired) electrons. The number of phenolic OH excluding ortho intramolecular Hbond substituents is 2. The highest BCUT2D eigenvalue weighted by atomic mass is 35.5. The Morgan fingerprint density at radius 1 is 1.00 bits per heavy atom. The Balaban J connectivity index is 2.41. The molecule has 0 saturated carbocycles. The predicted octanol–water partition coefficient (Wildman–Crippen LogP) is 3.88. The minimum absolute atomic E-state index is 0.0821. The molecule has 2 aromatic carbocycles. The number of benzene rings is 2. The van der Waals surface area contributed by atoms with Gasteiger partial charge in [-0.2, -0.15) is 0 Å². The van der Waals surface area contributed by atoms with Crippen molar-refractivity contribution in [2.45, 2.75) is 0 Å². The molecule has 0 bridgehead atoms. The molecule has 0 atom stereocenters. The minimum atomic E-state index is -0.834. The molecule has 0 unspecified atom stereocenters. The summed E-state index contributed by atoms with van der Waals surface area (Å²) in [5.74, 6) is -1.65. The smallest absolute Gasteiger partial charge is 0.238 e. The van der Waals surface area contributed by atoms with Gasteiger partial charge >= 0.3 is 0 Å². The number of phenols is 2. The Hall–Kier alpha value is -2.37. The molecule has 112 valence electrons. The third-order valence-corrected chi connectivity index (χ3v) is 3.66. The van der Waals surface area contributed by atoms with Gasteiger partial charge in [0.25, 0.3) is 0 Å². The maximum absolute atomic E-state index is 12.2. The zero-order chi connectivity index (χ0) is 16.0. The van der Waals surface area contributed by atoms with Crippen LogP contribution in [-0.4, -0.2) is 15.3 Å². The largest absolute Gasteiger partial charge is 0.508 e. The van der Waals surface area contributed by atoms with E-state index in [9.17, 15) is 20.1 Å². The molecule has 0 saturated heterocycles. The van der Waals surface area contributed by atoms with Gasteiger partial charge in [-0.05, 0) is 18.2 Å². The number of rotatable bonds is 1. The van der Waals surface area contributed by atoms with E-state index in [-0.39, 0.29) is 33.1 Å². The predicted molar refractivity (Wildman–Crippen MR) is 82.9 cm³/mol. The molecule has 0 amide bonds. The van der Waals surface area contributed by atoms with Gasteiger partial charge in [0.1, 0.15) is 22.5 Å². The van der Waals surface area contributed by atoms with E-state index in [0.717, 1.165) is 12.1 Å². The van der Waals surface area contributed by atoms with E-state index in [0.29, 0.717) is 5.02 Å². The minimum Gasteiger partial charge on any atom is -0.508 e. The molecule has 0 aliphatic heterocycles. The standard InChI is InChI=1S/C15H8Cl2O5/c16-6-1-2-8(9(17)3-6)15-14(21)13(20)12-10(19)4-7(18)5-11(12)22-15/h1-5,18-19,21H. The Morgan fingerprint density at radius 2 is 1.73 bits per heavy atom. The maximum atomic E-state index is 12.2. The van der Waals surface area contributed by atoms with Crippen LogP contribution in [0.25, 0.3) is 22.3 Å². The number of hydrogen-bond donors (Lipinski definition) is 3. The summed E-state index contributed by atoms with van der Waals surface area (Å²) in [4.78, 5) is 12.2. The lowest BCUT2D eigenvalue weighted by molar-refractivity contribution is 0.438. The summed E-state index contributed by atoms with van der Waals surface area (Å²) in [6.07, 6.45) is 0. The molecule has 0 aliphatic rings. The summed E-state index contributed by atoms with van der Waals surface area (Å²) in [7, 11) is 0. The zero-order valence-corrected chi connectivity index (χ0v) is 12.3. The van der Waals surface area contributed by atoms with Crippen molar-refractivity contribution in [1.29, 1.82) is 0 Å². The summed E-state index contributed by atoms with van der Waals surface area (Å²) in [5, 5.41) is 29.6. The van der Waals surface area contributed by atoms with Crippen LogP contribution in [0, 0.1) is 0 Å². The van der Waals surface area contributed by atoms with Crippen molar-refractivity contribution in [2.24, 2.45) is 0 Å². The SMILES string of the molecule is O=c1c(O)c(-c2ccc(Cl)cc2Cl)oc2cc(O)cc(O)c12. The Bertz CT molecular complexity index is 962. The summed E-state index contributed by atoms with van der Waals surface area (Å²) in [6, 6.07) is 6.57. The molecule has 3 rings (SSSR count). The van der Waals surface area contributed by atoms with Crippen LogP contribution < -0.4 is 5.43 Å². The fraction of sp³-hybridized carbons (Fsp3) is 0. The number of hydrogen-bond acceptors (Lipinski definition) is 5. The van der Waals surface area contributed by atoms with E-state index in [2.05, 4.69) is 0 Å². The summed E-state index contributed by atoms with van der Waals surface area (Å²) < 4.78 is 5.44. The van der Waals surface area contributed by atoms with E-state index in [1.165, 1.54) is 18.2 Å². The van der Waals surface area contributed by atoms with Gasteiger partial charge in [-0.25, -0.2) is 0 Å². The second-order valence-electron chi connectivity index (χ2n) is 4.57. The van der Waals surface area contributed by atoms with Gasteiger partial charge in [-0.1, -0.05) is 23.2 Å². The van der Waals surface area contributed by atoms with Crippen molar-refractivity contribution in [2.75, 3.05) is 0 Å². The first-order valence-electron chi connectivity index (χ1n) is 6.05. The highest BCUT2D eigenvalue weighted by Crippen LogP contribution is 2.38. The van der Waals surface area contributed by atoms with E-state index in [1.807, 2.05) is 0 Å². The Labute approximate surface area is 133 Å². The van der Waals surface area contributed by atoms with Crippen molar-refractivity contribution in [3.8, 4) is 28.6 Å². The summed E-state index contributed by atoms with van der Waals surface area (Å²) in [6.45, 7) is 0. The lowest BCUT2D eigenvalue weighted by atomic mass is 10.1. The van der Waals surface area contributed by atoms with Crippen molar-refractivity contribution >= 4 is 34.2 Å². The van der Waals surface area contributed by atoms with Crippen LogP contribution >= 0.6 is 23.2 Å². The third kappa shape index (κ3) is 2.24. The average molecular weight is 339 g/mol. The fourth-order valence-corrected chi connectivity index (χ4v) is 2.63. The van der Waals surface area contributed by atoms with E-state index < -0.39 is 16.9 Å². The lowest BCUT2D eigenvalue weighted by Gasteiger charge is -2.09. The number of fused-ring (bicyclic) bond motifs is 1. The molecular weight excluding hydrogens is 331 g/mol. The van der Waals surface area contributed by atoms with Crippen molar-refractivity contribution in [1.82, 2.24) is 0 Å². The van der Waals surface area contributed by atoms with Gasteiger partial charge < -0.3 is 19.7 Å². The molecule has 0 aliphatic carbocycles. The maximum Gasteiger partial charge on any atom is 0.238 e. The van der Waals surface area contributed by atoms with Gasteiger partial charge in [0.05, 0.1) is 5.02 Å². The molecular formula is C15H8Cl2O5. The molecule has 22 heavy (non-hydrogen) atoms. The molecule has 7 heteroatoms. The molecule has 5 nitrogen and oxygen atoms in total. The second-order valence-corrected chi connectivity index (χ2v) is 5.41. The van der Waals surface area contributed by atoms with Gasteiger partial charge in [-0.15, -0.1) is 0 Å². The third-order valence-electron chi connectivity index (χ3n) is 3.11. The number of aromatic hydroxyl groups is 3. The van der Waals surface area contributed by atoms with Crippen LogP contribution in [0.4, 0.5) is 0 Å². The fourth-order valence-electron chi connectivity index (χ4n) is 2.13. The topological polar surface area (TPSA) is 90.9 Å². The quantitative estimate of drug-likeness (QED) is 0.626. The molecule has 1 heterocycles. The molecule has 0 spiro atoms. The molecule has 3 N–H and O–H groups in total. The van der Waals surface area contributed by atoms with Gasteiger partial charge in [0.2, 0.25) is 11.2 Å². The van der Waals surface area contributed by atoms with Gasteiger partial charge in [0, 0.05) is 22.7 Å². The average Bonchev–Trinajstić information content (AvgIpc) is 2.42. The van der Waals surface area contributed by atoms with Crippen molar-refractivity contribution in [3.05, 3.63) is 50.6 Å². The van der Waals surface area contributed by atoms with Gasteiger partial charge in [0.15, 0.2) is 5.76 Å². The molecule has 1 aromatic heterocycles. The van der Waals surface area contributed by atoms with E-state index in [4.69, 9.17) is 27.6 Å². The van der Waals surface area contributed by atoms with Crippen molar-refractivity contribution < 1.29 is 19.7 Å². The highest BCUT2D eigenvalue weighted by molar-refractivity contribution is 6.36. The van der Waals surface area contributed by atoms with Crippen LogP contribution in [0.15, 0.2) is 39.5 Å². The second kappa shape index (κ2) is 5.12. The Kier molecular flexibility index (Phi) is 3.39.